The van der Waals surface area contributed by atoms with E-state index in [-0.39, 0.29) is 28.0 Å². The van der Waals surface area contributed by atoms with Gasteiger partial charge in [-0.25, -0.2) is 9.98 Å². The number of aliphatic hydroxyl groups excluding tert-OH is 1. The third kappa shape index (κ3) is 20.0. The van der Waals surface area contributed by atoms with Gasteiger partial charge < -0.3 is 5.11 Å². The van der Waals surface area contributed by atoms with Crippen LogP contribution >= 0.6 is 23.5 Å². The maximum atomic E-state index is 10.0. The third-order valence-corrected chi connectivity index (χ3v) is 7.58. The molecular weight excluding hydrogens is 673 g/mol. The van der Waals surface area contributed by atoms with Gasteiger partial charge in [-0.15, -0.1) is 23.5 Å². The Morgan fingerprint density at radius 1 is 0.711 bits per heavy atom. The van der Waals surface area contributed by atoms with Crippen molar-refractivity contribution in [2.45, 2.75) is 41.5 Å². The standard InChI is InChI=1S/C20H22N2S2.C6H5B.C5H8O2.CH3F.2F2.Ni/c1-13-7-5-8-14(2)17(13)21-19-20(24-12-11-23-19)22-18-15(3)9-6-10-16(18)4;7-6-4-2-1-3-5-6;1-4(6)3-5(2)7;3*1-2;/h5-10H,11-12H2,1-4H3;1-5H;3,6H,1-2H3;1H3;;;. The van der Waals surface area contributed by atoms with Crippen LogP contribution in [0.15, 0.2) is 88.6 Å². The number of nitrogens with zero attached hydrogens (tertiary/aromatic N) is 2. The maximum Gasteiger partial charge on any atom is 0.155 e. The number of allylic oxidation sites excluding steroid dienone is 2. The van der Waals surface area contributed by atoms with Crippen LogP contribution in [0.4, 0.5) is 34.1 Å². The number of aliphatic hydroxyl groups is 1. The van der Waals surface area contributed by atoms with Crippen LogP contribution in [0.25, 0.3) is 0 Å². The molecule has 3 aromatic carbocycles. The van der Waals surface area contributed by atoms with Crippen LogP contribution in [0.2, 0.25) is 0 Å². The largest absolute Gasteiger partial charge is 0.512 e. The number of para-hydroxylation sites is 2. The normalized spacial score (nSPS) is 13.3. The summed E-state index contributed by atoms with van der Waals surface area (Å²) >= 11 is 3.63. The van der Waals surface area contributed by atoms with Gasteiger partial charge in [0, 0.05) is 52.4 Å². The molecule has 0 atom stereocenters. The zero-order valence-electron chi connectivity index (χ0n) is 26.2. The molecule has 3 aromatic rings. The van der Waals surface area contributed by atoms with E-state index in [4.69, 9.17) is 41.2 Å². The van der Waals surface area contributed by atoms with Crippen LogP contribution in [0.1, 0.15) is 36.1 Å². The van der Waals surface area contributed by atoms with Crippen LogP contribution in [0.3, 0.4) is 0 Å². The van der Waals surface area contributed by atoms with Crippen molar-refractivity contribution in [3.8, 4) is 0 Å². The average Bonchev–Trinajstić information content (AvgIpc) is 3.01. The Hall–Kier alpha value is -2.88. The number of hydrogen-bond acceptors (Lipinski definition) is 6. The Morgan fingerprint density at radius 3 is 1.27 bits per heavy atom. The first-order valence-corrected chi connectivity index (χ1v) is 15.0. The summed E-state index contributed by atoms with van der Waals surface area (Å²) in [4.78, 5) is 20.0. The molecule has 1 aliphatic heterocycles. The minimum absolute atomic E-state index is 0. The monoisotopic (exact) mass is 710 g/mol. The summed E-state index contributed by atoms with van der Waals surface area (Å²) in [5.74, 6) is 2.10. The van der Waals surface area contributed by atoms with E-state index in [0.29, 0.717) is 7.18 Å². The van der Waals surface area contributed by atoms with Crippen LogP contribution in [-0.4, -0.2) is 47.5 Å². The molecule has 1 N–H and O–H groups in total. The molecule has 2 radical (unpaired) electrons. The molecule has 0 unspecified atom stereocenters. The minimum Gasteiger partial charge on any atom is -0.512 e. The van der Waals surface area contributed by atoms with Crippen molar-refractivity contribution in [1.82, 2.24) is 0 Å². The van der Waals surface area contributed by atoms with Gasteiger partial charge in [0.1, 0.15) is 17.9 Å². The molecule has 0 aliphatic carbocycles. The summed E-state index contributed by atoms with van der Waals surface area (Å²) in [5.41, 5.74) is 7.83. The van der Waals surface area contributed by atoms with Gasteiger partial charge in [0.2, 0.25) is 0 Å². The molecule has 13 heteroatoms. The van der Waals surface area contributed by atoms with E-state index >= 15 is 0 Å². The Morgan fingerprint density at radius 2 is 1.04 bits per heavy atom. The molecule has 1 aliphatic rings. The minimum atomic E-state index is -0.125. The van der Waals surface area contributed by atoms with E-state index in [0.717, 1.165) is 38.4 Å². The van der Waals surface area contributed by atoms with Crippen molar-refractivity contribution < 1.29 is 49.1 Å². The summed E-state index contributed by atoms with van der Waals surface area (Å²) < 4.78 is 41.5. The number of rotatable bonds is 3. The van der Waals surface area contributed by atoms with Gasteiger partial charge in [-0.05, 0) is 63.8 Å². The first kappa shape index (κ1) is 46.5. The fourth-order valence-corrected chi connectivity index (χ4v) is 5.53. The Kier molecular flexibility index (Phi) is 29.6. The first-order chi connectivity index (χ1) is 21.1. The summed E-state index contributed by atoms with van der Waals surface area (Å²) in [6, 6.07) is 22.1. The summed E-state index contributed by atoms with van der Waals surface area (Å²) in [7, 11) is 5.86. The molecule has 4 nitrogen and oxygen atoms in total. The molecule has 0 aromatic heterocycles. The van der Waals surface area contributed by atoms with Gasteiger partial charge in [0.05, 0.1) is 24.3 Å². The smallest absolute Gasteiger partial charge is 0.155 e. The fraction of sp³-hybridized carbons (Fsp3) is 0.281. The zero-order chi connectivity index (χ0) is 34.1. The molecule has 0 bridgehead atoms. The van der Waals surface area contributed by atoms with Crippen molar-refractivity contribution in [3.63, 3.8) is 0 Å². The zero-order valence-corrected chi connectivity index (χ0v) is 28.8. The van der Waals surface area contributed by atoms with E-state index in [1.807, 2.05) is 53.9 Å². The molecule has 4 rings (SSSR count). The average molecular weight is 711 g/mol. The van der Waals surface area contributed by atoms with Crippen molar-refractivity contribution in [1.29, 1.82) is 0 Å². The van der Waals surface area contributed by atoms with Crippen molar-refractivity contribution in [2.75, 3.05) is 18.7 Å². The number of halogens is 5. The molecule has 45 heavy (non-hydrogen) atoms. The third-order valence-electron chi connectivity index (χ3n) is 5.26. The van der Waals surface area contributed by atoms with Gasteiger partial charge in [0.25, 0.3) is 0 Å². The molecule has 0 amide bonds. The number of carbonyl (C=O) groups is 1. The van der Waals surface area contributed by atoms with Crippen molar-refractivity contribution >= 4 is 64.1 Å². The van der Waals surface area contributed by atoms with Crippen LogP contribution in [0, 0.1) is 27.7 Å². The van der Waals surface area contributed by atoms with Gasteiger partial charge in [-0.2, -0.15) is 0 Å². The molecule has 1 saturated heterocycles. The second-order valence-corrected chi connectivity index (χ2v) is 11.0. The maximum absolute atomic E-state index is 10.0. The number of aliphatic imine (C=N–C) groups is 2. The van der Waals surface area contributed by atoms with E-state index < -0.39 is 0 Å². The predicted octanol–water partition coefficient (Wildman–Crippen LogP) is 9.94. The van der Waals surface area contributed by atoms with Gasteiger partial charge in [0.15, 0.2) is 5.78 Å². The number of carbonyl (C=O) groups excluding carboxylic acids is 1. The van der Waals surface area contributed by atoms with Gasteiger partial charge in [-0.1, -0.05) is 72.2 Å². The topological polar surface area (TPSA) is 62.0 Å². The van der Waals surface area contributed by atoms with Gasteiger partial charge in [-0.3, -0.25) is 9.18 Å². The van der Waals surface area contributed by atoms with Crippen LogP contribution in [-0.2, 0) is 21.3 Å². The molecule has 0 spiro atoms. The van der Waals surface area contributed by atoms with Crippen molar-refractivity contribution in [3.05, 3.63) is 101 Å². The van der Waals surface area contributed by atoms with E-state index in [2.05, 4.69) is 64.1 Å². The van der Waals surface area contributed by atoms with E-state index in [9.17, 15) is 9.18 Å². The second-order valence-electron chi connectivity index (χ2n) is 8.82. The number of aryl methyl sites for hydroxylation is 4. The second kappa shape index (κ2) is 28.6. The fourth-order valence-electron chi connectivity index (χ4n) is 3.47. The van der Waals surface area contributed by atoms with Crippen LogP contribution < -0.4 is 5.46 Å². The molecule has 1 heterocycles. The molecule has 1 fully saturated rings. The molecule has 0 saturated carbocycles. The number of thioether (sulfide) groups is 2. The SMILES string of the molecule is CC(=O)C=C(C)O.CF.Cc1cccc(C)c1N=C1SCCSC1=Nc1c(C)cccc1C.FF.FF.[B]c1ccccc1.[Ni]. The number of hydrogen-bond donors (Lipinski definition) is 1. The number of ketones is 1. The quantitative estimate of drug-likeness (QED) is 0.127. The Balaban J connectivity index is -0.000000693. The summed E-state index contributed by atoms with van der Waals surface area (Å²) in [5, 5.41) is 10.5. The first-order valence-electron chi connectivity index (χ1n) is 13.0. The summed E-state index contributed by atoms with van der Waals surface area (Å²) in [6.45, 7) is 11.3. The molecular formula is C32H38BF5N2NiO2S2. The summed E-state index contributed by atoms with van der Waals surface area (Å²) in [6.07, 6.45) is 1.17. The number of alkyl halides is 1. The number of benzene rings is 3. The van der Waals surface area contributed by atoms with Crippen LogP contribution in [0.5, 0.6) is 0 Å². The van der Waals surface area contributed by atoms with E-state index in [1.54, 1.807) is 0 Å². The van der Waals surface area contributed by atoms with Gasteiger partial charge >= 0.3 is 0 Å². The van der Waals surface area contributed by atoms with E-state index in [1.165, 1.54) is 42.2 Å². The Labute approximate surface area is 283 Å². The van der Waals surface area contributed by atoms with Crippen molar-refractivity contribution in [2.24, 2.45) is 9.98 Å². The molecule has 248 valence electrons. The Bertz CT molecular complexity index is 1230. The predicted molar refractivity (Wildman–Crippen MR) is 181 cm³/mol.